The molecule has 4 rings (SSSR count). The maximum absolute atomic E-state index is 12.3. The van der Waals surface area contributed by atoms with Crippen LogP contribution in [0.4, 0.5) is 0 Å². The first-order valence-electron chi connectivity index (χ1n) is 9.35. The monoisotopic (exact) mass is 361 g/mol. The molecule has 138 valence electrons. The number of nitrogens with one attached hydrogen (secondary N) is 1. The molecule has 0 saturated heterocycles. The molecule has 1 aromatic heterocycles. The van der Waals surface area contributed by atoms with Crippen LogP contribution >= 0.6 is 0 Å². The second kappa shape index (κ2) is 8.08. The van der Waals surface area contributed by atoms with Crippen molar-refractivity contribution in [3.63, 3.8) is 0 Å². The van der Waals surface area contributed by atoms with Crippen LogP contribution in [-0.2, 0) is 17.8 Å². The Morgan fingerprint density at radius 3 is 2.63 bits per heavy atom. The molecule has 0 aliphatic heterocycles. The van der Waals surface area contributed by atoms with E-state index in [1.165, 1.54) is 11.3 Å². The van der Waals surface area contributed by atoms with E-state index in [1.807, 2.05) is 54.7 Å². The highest BCUT2D eigenvalue weighted by Crippen LogP contribution is 2.30. The number of fused-ring (bicyclic) bond motifs is 1. The predicted molar refractivity (Wildman–Crippen MR) is 104 cm³/mol. The van der Waals surface area contributed by atoms with Crippen molar-refractivity contribution in [2.75, 3.05) is 6.61 Å². The SMILES string of the molecule is O=C(COc1ccccc1)N[C@@H]1CCCc2c1cnn2Cc1ccccc1. The fourth-order valence-electron chi connectivity index (χ4n) is 3.56. The Bertz CT molecular complexity index is 890. The molecular weight excluding hydrogens is 338 g/mol. The van der Waals surface area contributed by atoms with Crippen LogP contribution in [0, 0.1) is 0 Å². The second-order valence-electron chi connectivity index (χ2n) is 6.80. The van der Waals surface area contributed by atoms with Crippen LogP contribution in [0.2, 0.25) is 0 Å². The van der Waals surface area contributed by atoms with Crippen LogP contribution in [0.15, 0.2) is 66.9 Å². The zero-order valence-corrected chi connectivity index (χ0v) is 15.2. The van der Waals surface area contributed by atoms with Crippen LogP contribution in [0.5, 0.6) is 5.75 Å². The number of benzene rings is 2. The van der Waals surface area contributed by atoms with E-state index >= 15 is 0 Å². The lowest BCUT2D eigenvalue weighted by Gasteiger charge is -2.24. The van der Waals surface area contributed by atoms with Crippen LogP contribution in [0.1, 0.15) is 35.7 Å². The zero-order chi connectivity index (χ0) is 18.5. The molecule has 2 aromatic carbocycles. The molecule has 0 radical (unpaired) electrons. The molecule has 0 bridgehead atoms. The molecule has 0 saturated carbocycles. The van der Waals surface area contributed by atoms with Crippen LogP contribution < -0.4 is 10.1 Å². The van der Waals surface area contributed by atoms with Gasteiger partial charge in [0.25, 0.3) is 5.91 Å². The summed E-state index contributed by atoms with van der Waals surface area (Å²) in [6, 6.07) is 19.7. The lowest BCUT2D eigenvalue weighted by atomic mass is 9.93. The molecule has 3 aromatic rings. The Kier molecular flexibility index (Phi) is 5.19. The number of carbonyl (C=O) groups excluding carboxylic acids is 1. The molecule has 0 fully saturated rings. The van der Waals surface area contributed by atoms with Gasteiger partial charge in [-0.25, -0.2) is 0 Å². The molecule has 1 amide bonds. The molecule has 0 spiro atoms. The maximum Gasteiger partial charge on any atom is 0.258 e. The van der Waals surface area contributed by atoms with Gasteiger partial charge >= 0.3 is 0 Å². The van der Waals surface area contributed by atoms with Gasteiger partial charge < -0.3 is 10.1 Å². The summed E-state index contributed by atoms with van der Waals surface area (Å²) in [7, 11) is 0. The Balaban J connectivity index is 1.40. The minimum atomic E-state index is -0.104. The number of carbonyl (C=O) groups is 1. The molecule has 1 N–H and O–H groups in total. The third kappa shape index (κ3) is 4.19. The molecule has 1 heterocycles. The normalized spacial score (nSPS) is 15.8. The molecule has 5 heteroatoms. The highest BCUT2D eigenvalue weighted by Gasteiger charge is 2.25. The topological polar surface area (TPSA) is 56.1 Å². The standard InChI is InChI=1S/C22H23N3O2/c26-22(16-27-18-10-5-2-6-11-18)24-20-12-7-13-21-19(20)14-23-25(21)15-17-8-3-1-4-9-17/h1-6,8-11,14,20H,7,12-13,15-16H2,(H,24,26)/t20-/m1/s1. The first-order chi connectivity index (χ1) is 13.3. The highest BCUT2D eigenvalue weighted by molar-refractivity contribution is 5.78. The van der Waals surface area contributed by atoms with E-state index in [0.717, 1.165) is 31.4 Å². The molecule has 5 nitrogen and oxygen atoms in total. The number of amides is 1. The van der Waals surface area contributed by atoms with Crippen molar-refractivity contribution in [1.29, 1.82) is 0 Å². The first kappa shape index (κ1) is 17.3. The van der Waals surface area contributed by atoms with Gasteiger partial charge in [0.15, 0.2) is 6.61 Å². The van der Waals surface area contributed by atoms with Crippen LogP contribution in [0.3, 0.4) is 0 Å². The summed E-state index contributed by atoms with van der Waals surface area (Å²) in [5, 5.41) is 7.68. The van der Waals surface area contributed by atoms with Crippen molar-refractivity contribution in [2.24, 2.45) is 0 Å². The molecule has 27 heavy (non-hydrogen) atoms. The molecule has 0 unspecified atom stereocenters. The molecular formula is C22H23N3O2. The van der Waals surface area contributed by atoms with E-state index in [1.54, 1.807) is 0 Å². The fraction of sp³-hybridized carbons (Fsp3) is 0.273. The lowest BCUT2D eigenvalue weighted by Crippen LogP contribution is -2.34. The Morgan fingerprint density at radius 1 is 1.11 bits per heavy atom. The van der Waals surface area contributed by atoms with E-state index in [4.69, 9.17) is 4.74 Å². The summed E-state index contributed by atoms with van der Waals surface area (Å²) >= 11 is 0. The van der Waals surface area contributed by atoms with E-state index < -0.39 is 0 Å². The fourth-order valence-corrected chi connectivity index (χ4v) is 3.56. The van der Waals surface area contributed by atoms with Gasteiger partial charge in [-0.3, -0.25) is 9.48 Å². The number of aromatic nitrogens is 2. The van der Waals surface area contributed by atoms with Crippen molar-refractivity contribution < 1.29 is 9.53 Å². The van der Waals surface area contributed by atoms with Gasteiger partial charge in [-0.2, -0.15) is 5.10 Å². The molecule has 1 atom stereocenters. The zero-order valence-electron chi connectivity index (χ0n) is 15.2. The van der Waals surface area contributed by atoms with Crippen LogP contribution in [0.25, 0.3) is 0 Å². The Hall–Kier alpha value is -3.08. The third-order valence-electron chi connectivity index (χ3n) is 4.89. The Labute approximate surface area is 159 Å². The van der Waals surface area contributed by atoms with Gasteiger partial charge in [-0.05, 0) is 37.0 Å². The van der Waals surface area contributed by atoms with E-state index in [0.29, 0.717) is 5.75 Å². The number of hydrogen-bond acceptors (Lipinski definition) is 3. The summed E-state index contributed by atoms with van der Waals surface area (Å²) in [5.74, 6) is 0.597. The number of rotatable bonds is 6. The third-order valence-corrected chi connectivity index (χ3v) is 4.89. The van der Waals surface area contributed by atoms with Gasteiger partial charge in [0.05, 0.1) is 18.8 Å². The molecule has 1 aliphatic carbocycles. The van der Waals surface area contributed by atoms with Crippen LogP contribution in [-0.4, -0.2) is 22.3 Å². The average Bonchev–Trinajstić information content (AvgIpc) is 3.12. The minimum absolute atomic E-state index is 0.00477. The van der Waals surface area contributed by atoms with Gasteiger partial charge in [0.1, 0.15) is 5.75 Å². The highest BCUT2D eigenvalue weighted by atomic mass is 16.5. The number of hydrogen-bond donors (Lipinski definition) is 1. The second-order valence-corrected chi connectivity index (χ2v) is 6.80. The van der Waals surface area contributed by atoms with E-state index in [2.05, 4.69) is 27.2 Å². The summed E-state index contributed by atoms with van der Waals surface area (Å²) in [6.07, 6.45) is 4.87. The smallest absolute Gasteiger partial charge is 0.258 e. The van der Waals surface area contributed by atoms with Gasteiger partial charge in [-0.15, -0.1) is 0 Å². The van der Waals surface area contributed by atoms with Crippen molar-refractivity contribution in [3.05, 3.63) is 83.7 Å². The number of nitrogens with zero attached hydrogens (tertiary/aromatic N) is 2. The van der Waals surface area contributed by atoms with Crippen molar-refractivity contribution in [1.82, 2.24) is 15.1 Å². The molecule has 1 aliphatic rings. The van der Waals surface area contributed by atoms with Crippen molar-refractivity contribution >= 4 is 5.91 Å². The lowest BCUT2D eigenvalue weighted by molar-refractivity contribution is -0.123. The Morgan fingerprint density at radius 2 is 1.85 bits per heavy atom. The average molecular weight is 361 g/mol. The summed E-state index contributed by atoms with van der Waals surface area (Å²) < 4.78 is 7.61. The van der Waals surface area contributed by atoms with E-state index in [9.17, 15) is 4.79 Å². The minimum Gasteiger partial charge on any atom is -0.484 e. The van der Waals surface area contributed by atoms with Gasteiger partial charge in [-0.1, -0.05) is 48.5 Å². The summed E-state index contributed by atoms with van der Waals surface area (Å²) in [5.41, 5.74) is 3.58. The van der Waals surface area contributed by atoms with E-state index in [-0.39, 0.29) is 18.6 Å². The number of para-hydroxylation sites is 1. The van der Waals surface area contributed by atoms with Gasteiger partial charge in [0.2, 0.25) is 0 Å². The quantitative estimate of drug-likeness (QED) is 0.731. The first-order valence-corrected chi connectivity index (χ1v) is 9.35. The number of ether oxygens (including phenoxy) is 1. The predicted octanol–water partition coefficient (Wildman–Crippen LogP) is 3.50. The maximum atomic E-state index is 12.3. The van der Waals surface area contributed by atoms with Gasteiger partial charge in [0, 0.05) is 11.3 Å². The van der Waals surface area contributed by atoms with Crippen molar-refractivity contribution in [2.45, 2.75) is 31.8 Å². The summed E-state index contributed by atoms with van der Waals surface area (Å²) in [4.78, 5) is 12.3. The van der Waals surface area contributed by atoms with Crippen molar-refractivity contribution in [3.8, 4) is 5.75 Å². The largest absolute Gasteiger partial charge is 0.484 e. The summed E-state index contributed by atoms with van der Waals surface area (Å²) in [6.45, 7) is 0.780.